The van der Waals surface area contributed by atoms with E-state index in [0.717, 1.165) is 48.9 Å². The molecule has 3 saturated carbocycles. The van der Waals surface area contributed by atoms with Gasteiger partial charge in [0.1, 0.15) is 12.4 Å². The van der Waals surface area contributed by atoms with Crippen LogP contribution in [0, 0.1) is 22.7 Å². The van der Waals surface area contributed by atoms with Crippen LogP contribution >= 0.6 is 0 Å². The first kappa shape index (κ1) is 40.1. The third-order valence-electron chi connectivity index (χ3n) is 12.0. The molecule has 10 nitrogen and oxygen atoms in total. The van der Waals surface area contributed by atoms with Crippen LogP contribution in [0.3, 0.4) is 0 Å². The summed E-state index contributed by atoms with van der Waals surface area (Å²) in [5.41, 5.74) is 4.04. The largest absolute Gasteiger partial charge is 0.573 e. The predicted octanol–water partition coefficient (Wildman–Crippen LogP) is 9.54. The van der Waals surface area contributed by atoms with Gasteiger partial charge in [0.25, 0.3) is 0 Å². The van der Waals surface area contributed by atoms with Gasteiger partial charge in [0.05, 0.1) is 18.2 Å². The number of benzene rings is 3. The zero-order chi connectivity index (χ0) is 40.9. The van der Waals surface area contributed by atoms with Gasteiger partial charge in [-0.25, -0.2) is 4.79 Å². The van der Waals surface area contributed by atoms with Gasteiger partial charge in [0, 0.05) is 47.6 Å². The molecule has 0 radical (unpaired) electrons. The lowest BCUT2D eigenvalue weighted by Crippen LogP contribution is -2.53. The summed E-state index contributed by atoms with van der Waals surface area (Å²) in [5, 5.41) is 12.7. The van der Waals surface area contributed by atoms with Crippen molar-refractivity contribution >= 4 is 35.1 Å². The molecule has 8 rings (SSSR count). The Kier molecular flexibility index (Phi) is 10.8. The third-order valence-corrected chi connectivity index (χ3v) is 12.0. The molecule has 3 aromatic rings. The molecule has 0 bridgehead atoms. The van der Waals surface area contributed by atoms with Crippen molar-refractivity contribution < 1.29 is 46.9 Å². The fraction of sp³-hybridized carbons (Fsp3) is 0.500. The van der Waals surface area contributed by atoms with Crippen LogP contribution in [0.15, 0.2) is 72.8 Å². The first-order valence-corrected chi connectivity index (χ1v) is 19.7. The fourth-order valence-electron chi connectivity index (χ4n) is 9.63. The second-order valence-corrected chi connectivity index (χ2v) is 17.7. The number of nitrogens with one attached hydrogen (secondary N) is 1. The lowest BCUT2D eigenvalue weighted by Gasteiger charge is -2.47. The van der Waals surface area contributed by atoms with E-state index in [1.807, 2.05) is 53.4 Å². The van der Waals surface area contributed by atoms with Crippen LogP contribution in [-0.4, -0.2) is 58.2 Å². The standard InChI is InChI=1S/C30H33F3N2O6.C14H17NO/c1-29(2)15-22-24(16-29)35(28(39)40-17-18-7-11-20(12-8-18)41-30(31,32)33)23-6-4-3-5-21(23)27(22)34(19-9-10-19)25(36)13-14-26(37)38;1-14(2)7-10-12(8-14)15-11-6-4-3-5-9(11)13(10)16/h3-8,11-12,19,22,24,27H,9-10,13-17H2,1-2H3,(H,37,38);3-6,10,12,15H,7-8H2,1-2H3. The van der Waals surface area contributed by atoms with E-state index < -0.39 is 18.4 Å². The first-order chi connectivity index (χ1) is 26.9. The van der Waals surface area contributed by atoms with Gasteiger partial charge in [-0.05, 0) is 90.8 Å². The number of aliphatic carboxylic acids is 1. The number of rotatable bonds is 8. The number of fused-ring (bicyclic) bond motifs is 4. The molecule has 2 heterocycles. The van der Waals surface area contributed by atoms with Crippen LogP contribution in [0.5, 0.6) is 5.75 Å². The van der Waals surface area contributed by atoms with Crippen molar-refractivity contribution in [1.82, 2.24) is 4.90 Å². The summed E-state index contributed by atoms with van der Waals surface area (Å²) >= 11 is 0. The van der Waals surface area contributed by atoms with Gasteiger partial charge in [0.15, 0.2) is 5.78 Å². The predicted molar refractivity (Wildman–Crippen MR) is 207 cm³/mol. The topological polar surface area (TPSA) is 125 Å². The highest BCUT2D eigenvalue weighted by atomic mass is 19.4. The molecule has 2 amide bonds. The number of carboxylic acids is 1. The monoisotopic (exact) mass is 789 g/mol. The molecule has 13 heteroatoms. The maximum Gasteiger partial charge on any atom is 0.573 e. The minimum absolute atomic E-state index is 0.0431. The Balaban J connectivity index is 0.000000256. The molecule has 3 aliphatic carbocycles. The fourth-order valence-corrected chi connectivity index (χ4v) is 9.63. The Hall–Kier alpha value is -5.07. The molecule has 0 aromatic heterocycles. The molecular formula is C44H50F3N3O7. The summed E-state index contributed by atoms with van der Waals surface area (Å²) in [7, 11) is 0. The van der Waals surface area contributed by atoms with E-state index in [9.17, 15) is 37.5 Å². The average Bonchev–Trinajstić information content (AvgIpc) is 3.85. The zero-order valence-electron chi connectivity index (χ0n) is 32.7. The Bertz CT molecular complexity index is 2010. The summed E-state index contributed by atoms with van der Waals surface area (Å²) in [6.45, 7) is 8.63. The highest BCUT2D eigenvalue weighted by molar-refractivity contribution is 6.05. The van der Waals surface area contributed by atoms with E-state index in [0.29, 0.717) is 34.9 Å². The van der Waals surface area contributed by atoms with E-state index in [1.165, 1.54) is 24.3 Å². The van der Waals surface area contributed by atoms with Crippen molar-refractivity contribution in [3.05, 3.63) is 89.5 Å². The number of carbonyl (C=O) groups excluding carboxylic acids is 3. The molecule has 304 valence electrons. The highest BCUT2D eigenvalue weighted by Gasteiger charge is 2.55. The van der Waals surface area contributed by atoms with E-state index in [-0.39, 0.29) is 66.5 Å². The second kappa shape index (κ2) is 15.4. The number of halogens is 3. The number of para-hydroxylation sites is 2. The SMILES string of the molecule is CC1(C)CC2C(C1)N(C(=O)OCc1ccc(OC(F)(F)F)cc1)c1ccccc1C2N(C(=O)CCC(=O)O)C1CC1.CC1(C)CC2Nc3ccccc3C(=O)C2C1. The number of alkyl halides is 3. The van der Waals surface area contributed by atoms with Crippen LogP contribution < -0.4 is 15.0 Å². The van der Waals surface area contributed by atoms with Gasteiger partial charge >= 0.3 is 18.4 Å². The molecule has 57 heavy (non-hydrogen) atoms. The van der Waals surface area contributed by atoms with Crippen molar-refractivity contribution in [2.75, 3.05) is 10.2 Å². The van der Waals surface area contributed by atoms with Gasteiger partial charge in [-0.3, -0.25) is 19.3 Å². The number of ketones is 1. The van der Waals surface area contributed by atoms with Gasteiger partial charge in [0.2, 0.25) is 5.91 Å². The Morgan fingerprint density at radius 2 is 1.54 bits per heavy atom. The van der Waals surface area contributed by atoms with E-state index in [1.54, 1.807) is 4.90 Å². The summed E-state index contributed by atoms with van der Waals surface area (Å²) in [6.07, 6.45) is -0.423. The maximum atomic E-state index is 13.7. The molecule has 0 saturated heterocycles. The normalized spacial score (nSPS) is 25.0. The second-order valence-electron chi connectivity index (χ2n) is 17.7. The summed E-state index contributed by atoms with van der Waals surface area (Å²) in [4.78, 5) is 54.2. The number of carbonyl (C=O) groups is 4. The van der Waals surface area contributed by atoms with E-state index in [2.05, 4.69) is 37.7 Å². The Morgan fingerprint density at radius 1 is 0.877 bits per heavy atom. The lowest BCUT2D eigenvalue weighted by atomic mass is 9.80. The minimum Gasteiger partial charge on any atom is -0.481 e. The van der Waals surface area contributed by atoms with Crippen molar-refractivity contribution in [3.63, 3.8) is 0 Å². The molecule has 5 aliphatic rings. The molecule has 5 unspecified atom stereocenters. The van der Waals surface area contributed by atoms with Crippen LogP contribution in [-0.2, 0) is 20.9 Å². The van der Waals surface area contributed by atoms with E-state index in [4.69, 9.17) is 4.74 Å². The Labute approximate surface area is 330 Å². The lowest BCUT2D eigenvalue weighted by molar-refractivity contribution is -0.274. The summed E-state index contributed by atoms with van der Waals surface area (Å²) in [6, 6.07) is 20.3. The number of carboxylic acid groups (broad SMARTS) is 1. The number of amides is 2. The van der Waals surface area contributed by atoms with Crippen molar-refractivity contribution in [2.24, 2.45) is 22.7 Å². The molecule has 3 aromatic carbocycles. The zero-order valence-corrected chi connectivity index (χ0v) is 32.7. The average molecular weight is 790 g/mol. The number of ether oxygens (including phenoxy) is 2. The summed E-state index contributed by atoms with van der Waals surface area (Å²) in [5.74, 6) is -1.13. The van der Waals surface area contributed by atoms with Gasteiger partial charge in [-0.15, -0.1) is 13.2 Å². The minimum atomic E-state index is -4.80. The molecular weight excluding hydrogens is 739 g/mol. The molecule has 5 atom stereocenters. The van der Waals surface area contributed by atoms with Gasteiger partial charge in [-0.1, -0.05) is 70.2 Å². The van der Waals surface area contributed by atoms with Gasteiger partial charge < -0.3 is 24.8 Å². The molecule has 2 N–H and O–H groups in total. The van der Waals surface area contributed by atoms with Crippen LogP contribution in [0.4, 0.5) is 29.3 Å². The number of Topliss-reactive ketones (excluding diaryl/α,β-unsaturated/α-hetero) is 1. The number of anilines is 2. The molecule has 3 fully saturated rings. The quantitative estimate of drug-likeness (QED) is 0.231. The van der Waals surface area contributed by atoms with Crippen molar-refractivity contribution in [1.29, 1.82) is 0 Å². The smallest absolute Gasteiger partial charge is 0.481 e. The number of nitrogens with zero attached hydrogens (tertiary/aromatic N) is 2. The molecule has 2 aliphatic heterocycles. The maximum absolute atomic E-state index is 13.7. The first-order valence-electron chi connectivity index (χ1n) is 19.7. The highest BCUT2D eigenvalue weighted by Crippen LogP contribution is 2.57. The van der Waals surface area contributed by atoms with Crippen LogP contribution in [0.25, 0.3) is 0 Å². The van der Waals surface area contributed by atoms with Crippen LogP contribution in [0.2, 0.25) is 0 Å². The van der Waals surface area contributed by atoms with Crippen LogP contribution in [0.1, 0.15) is 107 Å². The summed E-state index contributed by atoms with van der Waals surface area (Å²) < 4.78 is 47.0. The number of hydrogen-bond acceptors (Lipinski definition) is 7. The third kappa shape index (κ3) is 8.92. The van der Waals surface area contributed by atoms with Crippen molar-refractivity contribution in [3.8, 4) is 5.75 Å². The van der Waals surface area contributed by atoms with E-state index >= 15 is 0 Å². The molecule has 0 spiro atoms. The Morgan fingerprint density at radius 3 is 2.23 bits per heavy atom. The number of hydrogen-bond donors (Lipinski definition) is 2. The van der Waals surface area contributed by atoms with Crippen molar-refractivity contribution in [2.45, 2.75) is 116 Å². The van der Waals surface area contributed by atoms with Gasteiger partial charge in [-0.2, -0.15) is 0 Å².